The maximum absolute atomic E-state index is 12.7. The number of aromatic hydroxyl groups is 1. The molecular weight excluding hydrogens is 371 g/mol. The summed E-state index contributed by atoms with van der Waals surface area (Å²) in [5, 5.41) is 12.1. The van der Waals surface area contributed by atoms with Crippen LogP contribution in [0, 0.1) is 0 Å². The van der Waals surface area contributed by atoms with Crippen LogP contribution in [0.25, 0.3) is 11.1 Å². The van der Waals surface area contributed by atoms with Gasteiger partial charge in [-0.25, -0.2) is 0 Å². The number of benzene rings is 3. The quantitative estimate of drug-likeness (QED) is 0.635. The Balaban J connectivity index is 1.92. The molecule has 144 valence electrons. The predicted octanol–water partition coefficient (Wildman–Crippen LogP) is 5.34. The first-order valence-corrected chi connectivity index (χ1v) is 8.24. The molecule has 2 N–H and O–H groups in total. The predicted molar refractivity (Wildman–Crippen MR) is 99.5 cm³/mol. The van der Waals surface area contributed by atoms with Crippen molar-refractivity contribution < 1.29 is 27.8 Å². The Labute approximate surface area is 159 Å². The third-order valence-electron chi connectivity index (χ3n) is 4.12. The maximum atomic E-state index is 12.7. The number of nitrogens with one attached hydrogen (secondary N) is 1. The van der Waals surface area contributed by atoms with Crippen LogP contribution in [0.1, 0.15) is 15.9 Å². The Morgan fingerprint density at radius 3 is 2.18 bits per heavy atom. The Bertz CT molecular complexity index is 981. The molecule has 0 saturated heterocycles. The summed E-state index contributed by atoms with van der Waals surface area (Å²) in [5.41, 5.74) is 0.995. The molecule has 0 atom stereocenters. The number of rotatable bonds is 4. The number of carbonyl (C=O) groups is 1. The SMILES string of the molecule is COc1ccc(C(=O)Nc2ccc(C(F)(F)F)cc2)c(-c2ccc(O)cc2)c1. The number of carbonyl (C=O) groups excluding carboxylic acids is 1. The molecule has 0 aromatic heterocycles. The average Bonchev–Trinajstić information content (AvgIpc) is 2.68. The molecule has 0 saturated carbocycles. The summed E-state index contributed by atoms with van der Waals surface area (Å²) in [6, 6.07) is 15.4. The molecule has 0 heterocycles. The minimum Gasteiger partial charge on any atom is -0.508 e. The third kappa shape index (κ3) is 4.25. The zero-order valence-electron chi connectivity index (χ0n) is 14.7. The number of ether oxygens (including phenoxy) is 1. The standard InChI is InChI=1S/C21H16F3NO3/c1-28-17-10-11-18(19(12-17)13-2-8-16(26)9-3-13)20(27)25-15-6-4-14(5-7-15)21(22,23)24/h2-12,26H,1H3,(H,25,27). The van der Waals surface area contributed by atoms with Gasteiger partial charge in [0, 0.05) is 11.3 Å². The van der Waals surface area contributed by atoms with Gasteiger partial charge in [0.2, 0.25) is 0 Å². The van der Waals surface area contributed by atoms with E-state index in [4.69, 9.17) is 4.74 Å². The second-order valence-corrected chi connectivity index (χ2v) is 5.99. The zero-order chi connectivity index (χ0) is 20.3. The molecule has 1 amide bonds. The van der Waals surface area contributed by atoms with Crippen molar-refractivity contribution in [3.63, 3.8) is 0 Å². The first-order valence-electron chi connectivity index (χ1n) is 8.24. The molecular formula is C21H16F3NO3. The van der Waals surface area contributed by atoms with Crippen molar-refractivity contribution in [2.75, 3.05) is 12.4 Å². The van der Waals surface area contributed by atoms with Crippen LogP contribution in [0.15, 0.2) is 66.7 Å². The van der Waals surface area contributed by atoms with Gasteiger partial charge in [-0.3, -0.25) is 4.79 Å². The van der Waals surface area contributed by atoms with E-state index in [1.807, 2.05) is 0 Å². The van der Waals surface area contributed by atoms with E-state index in [-0.39, 0.29) is 11.4 Å². The lowest BCUT2D eigenvalue weighted by atomic mass is 9.98. The summed E-state index contributed by atoms with van der Waals surface area (Å²) < 4.78 is 43.2. The summed E-state index contributed by atoms with van der Waals surface area (Å²) >= 11 is 0. The van der Waals surface area contributed by atoms with Crippen LogP contribution in [-0.2, 0) is 6.18 Å². The van der Waals surface area contributed by atoms with Crippen molar-refractivity contribution in [3.05, 3.63) is 77.9 Å². The number of methoxy groups -OCH3 is 1. The van der Waals surface area contributed by atoms with Crippen molar-refractivity contribution in [2.45, 2.75) is 6.18 Å². The van der Waals surface area contributed by atoms with Crippen LogP contribution in [0.5, 0.6) is 11.5 Å². The molecule has 7 heteroatoms. The Morgan fingerprint density at radius 1 is 0.964 bits per heavy atom. The van der Waals surface area contributed by atoms with E-state index >= 15 is 0 Å². The van der Waals surface area contributed by atoms with E-state index in [0.717, 1.165) is 12.1 Å². The van der Waals surface area contributed by atoms with Crippen LogP contribution in [0.4, 0.5) is 18.9 Å². The maximum Gasteiger partial charge on any atom is 0.416 e. The number of hydrogen-bond acceptors (Lipinski definition) is 3. The number of alkyl halides is 3. The van der Waals surface area contributed by atoms with E-state index in [1.165, 1.54) is 31.4 Å². The molecule has 0 unspecified atom stereocenters. The Hall–Kier alpha value is -3.48. The topological polar surface area (TPSA) is 58.6 Å². The molecule has 0 aliphatic rings. The number of phenols is 1. The molecule has 4 nitrogen and oxygen atoms in total. The number of anilines is 1. The molecule has 0 aliphatic carbocycles. The minimum absolute atomic E-state index is 0.0856. The van der Waals surface area contributed by atoms with Crippen molar-refractivity contribution in [1.29, 1.82) is 0 Å². The Kier molecular flexibility index (Phi) is 5.26. The second-order valence-electron chi connectivity index (χ2n) is 5.99. The summed E-state index contributed by atoms with van der Waals surface area (Å²) in [5.74, 6) is 0.141. The summed E-state index contributed by atoms with van der Waals surface area (Å²) in [6.45, 7) is 0. The van der Waals surface area contributed by atoms with Gasteiger partial charge in [-0.05, 0) is 65.7 Å². The van der Waals surface area contributed by atoms with Gasteiger partial charge in [0.25, 0.3) is 5.91 Å². The van der Waals surface area contributed by atoms with Crippen molar-refractivity contribution in [2.24, 2.45) is 0 Å². The lowest BCUT2D eigenvalue weighted by Crippen LogP contribution is -2.13. The van der Waals surface area contributed by atoms with E-state index < -0.39 is 17.6 Å². The molecule has 3 rings (SSSR count). The monoisotopic (exact) mass is 387 g/mol. The number of amides is 1. The first kappa shape index (κ1) is 19.3. The van der Waals surface area contributed by atoms with Gasteiger partial charge in [-0.1, -0.05) is 12.1 Å². The van der Waals surface area contributed by atoms with Crippen LogP contribution in [-0.4, -0.2) is 18.1 Å². The fourth-order valence-electron chi connectivity index (χ4n) is 2.67. The molecule has 0 aliphatic heterocycles. The highest BCUT2D eigenvalue weighted by atomic mass is 19.4. The molecule has 3 aromatic carbocycles. The minimum atomic E-state index is -4.44. The summed E-state index contributed by atoms with van der Waals surface area (Å²) in [7, 11) is 1.50. The smallest absolute Gasteiger partial charge is 0.416 e. The highest BCUT2D eigenvalue weighted by Crippen LogP contribution is 2.31. The molecule has 0 radical (unpaired) electrons. The molecule has 0 bridgehead atoms. The van der Waals surface area contributed by atoms with E-state index in [0.29, 0.717) is 22.4 Å². The average molecular weight is 387 g/mol. The summed E-state index contributed by atoms with van der Waals surface area (Å²) in [6.07, 6.45) is -4.44. The van der Waals surface area contributed by atoms with Crippen LogP contribution in [0.2, 0.25) is 0 Å². The fraction of sp³-hybridized carbons (Fsp3) is 0.0952. The van der Waals surface area contributed by atoms with Gasteiger partial charge in [0.05, 0.1) is 12.7 Å². The normalized spacial score (nSPS) is 11.1. The fourth-order valence-corrected chi connectivity index (χ4v) is 2.67. The van der Waals surface area contributed by atoms with Crippen molar-refractivity contribution in [1.82, 2.24) is 0 Å². The van der Waals surface area contributed by atoms with Gasteiger partial charge in [0.1, 0.15) is 11.5 Å². The largest absolute Gasteiger partial charge is 0.508 e. The second kappa shape index (κ2) is 7.64. The number of phenolic OH excluding ortho intramolecular Hbond substituents is 1. The van der Waals surface area contributed by atoms with Gasteiger partial charge in [-0.2, -0.15) is 13.2 Å². The van der Waals surface area contributed by atoms with E-state index in [9.17, 15) is 23.1 Å². The third-order valence-corrected chi connectivity index (χ3v) is 4.12. The summed E-state index contributed by atoms with van der Waals surface area (Å²) in [4.78, 5) is 12.7. The van der Waals surface area contributed by atoms with Gasteiger partial charge < -0.3 is 15.2 Å². The molecule has 28 heavy (non-hydrogen) atoms. The zero-order valence-corrected chi connectivity index (χ0v) is 14.7. The number of hydrogen-bond donors (Lipinski definition) is 2. The van der Waals surface area contributed by atoms with Crippen LogP contribution in [0.3, 0.4) is 0 Å². The highest BCUT2D eigenvalue weighted by Gasteiger charge is 2.30. The van der Waals surface area contributed by atoms with E-state index in [1.54, 1.807) is 30.3 Å². The van der Waals surface area contributed by atoms with Gasteiger partial charge in [-0.15, -0.1) is 0 Å². The van der Waals surface area contributed by atoms with Crippen LogP contribution < -0.4 is 10.1 Å². The Morgan fingerprint density at radius 2 is 1.61 bits per heavy atom. The van der Waals surface area contributed by atoms with Crippen LogP contribution >= 0.6 is 0 Å². The highest BCUT2D eigenvalue weighted by molar-refractivity contribution is 6.09. The van der Waals surface area contributed by atoms with Gasteiger partial charge >= 0.3 is 6.18 Å². The lowest BCUT2D eigenvalue weighted by Gasteiger charge is -2.13. The molecule has 0 fully saturated rings. The molecule has 3 aromatic rings. The lowest BCUT2D eigenvalue weighted by molar-refractivity contribution is -0.137. The van der Waals surface area contributed by atoms with Crippen molar-refractivity contribution >= 4 is 11.6 Å². The first-order chi connectivity index (χ1) is 13.3. The molecule has 0 spiro atoms. The van der Waals surface area contributed by atoms with Gasteiger partial charge in [0.15, 0.2) is 0 Å². The van der Waals surface area contributed by atoms with Crippen molar-refractivity contribution in [3.8, 4) is 22.6 Å². The number of halogens is 3. The van der Waals surface area contributed by atoms with E-state index in [2.05, 4.69) is 5.32 Å².